The van der Waals surface area contributed by atoms with Crippen molar-refractivity contribution in [3.8, 4) is 5.75 Å². The lowest BCUT2D eigenvalue weighted by Crippen LogP contribution is -2.22. The number of rotatable bonds is 6. The lowest BCUT2D eigenvalue weighted by Gasteiger charge is -2.09. The number of aromatic nitrogens is 2. The number of hydrogen-bond acceptors (Lipinski definition) is 7. The average Bonchev–Trinajstić information content (AvgIpc) is 2.89. The van der Waals surface area contributed by atoms with Crippen molar-refractivity contribution in [2.24, 2.45) is 0 Å². The number of amides is 1. The molecule has 8 nitrogen and oxygen atoms in total. The molecule has 0 bridgehead atoms. The molecule has 2 aromatic rings. The van der Waals surface area contributed by atoms with Crippen LogP contribution in [-0.4, -0.2) is 33.6 Å². The molecule has 0 atom stereocenters. The number of carbonyl (C=O) groups excluding carboxylic acids is 2. The molecule has 2 N–H and O–H groups in total. The van der Waals surface area contributed by atoms with Crippen LogP contribution in [0.25, 0.3) is 0 Å². The third kappa shape index (κ3) is 4.66. The third-order valence-corrected chi connectivity index (χ3v) is 4.57. The fourth-order valence-electron chi connectivity index (χ4n) is 2.31. The summed E-state index contributed by atoms with van der Waals surface area (Å²) in [5.74, 6) is -0.815. The van der Waals surface area contributed by atoms with E-state index in [0.29, 0.717) is 34.4 Å². The summed E-state index contributed by atoms with van der Waals surface area (Å²) in [4.78, 5) is 39.8. The van der Waals surface area contributed by atoms with Crippen LogP contribution in [0.2, 0.25) is 0 Å². The van der Waals surface area contributed by atoms with E-state index < -0.39 is 5.97 Å². The highest BCUT2D eigenvalue weighted by Crippen LogP contribution is 2.23. The molecular formula is C16H19N3O5S. The number of nitrogens with one attached hydrogen (secondary N) is 1. The summed E-state index contributed by atoms with van der Waals surface area (Å²) in [5.41, 5.74) is 0.818. The van der Waals surface area contributed by atoms with Gasteiger partial charge in [0.05, 0.1) is 12.8 Å². The standard InChI is InChI=1S/C16H19N3O5S/c1-9-7-11(20)8-13(22)19(9)6-4-5-12(21)18-16-17-10(2)14(25-16)15(23)24-3/h7-8,20H,4-6H2,1-3H3,(H,17,18,21). The minimum Gasteiger partial charge on any atom is -0.508 e. The van der Waals surface area contributed by atoms with Crippen molar-refractivity contribution in [1.29, 1.82) is 0 Å². The van der Waals surface area contributed by atoms with Crippen LogP contribution in [0.3, 0.4) is 0 Å². The Labute approximate surface area is 148 Å². The molecule has 0 aliphatic rings. The highest BCUT2D eigenvalue weighted by atomic mass is 32.1. The molecule has 25 heavy (non-hydrogen) atoms. The van der Waals surface area contributed by atoms with E-state index in [1.807, 2.05) is 0 Å². The largest absolute Gasteiger partial charge is 0.508 e. The maximum absolute atomic E-state index is 12.0. The molecule has 2 aromatic heterocycles. The predicted molar refractivity (Wildman–Crippen MR) is 93.2 cm³/mol. The zero-order chi connectivity index (χ0) is 18.6. The van der Waals surface area contributed by atoms with Gasteiger partial charge in [-0.15, -0.1) is 0 Å². The lowest BCUT2D eigenvalue weighted by molar-refractivity contribution is -0.116. The van der Waals surface area contributed by atoms with Gasteiger partial charge < -0.3 is 19.7 Å². The predicted octanol–water partition coefficient (Wildman–Crippen LogP) is 1.83. The van der Waals surface area contributed by atoms with Crippen LogP contribution in [-0.2, 0) is 16.1 Å². The van der Waals surface area contributed by atoms with Crippen LogP contribution in [0.1, 0.15) is 33.9 Å². The van der Waals surface area contributed by atoms with Crippen molar-refractivity contribution in [1.82, 2.24) is 9.55 Å². The van der Waals surface area contributed by atoms with Crippen molar-refractivity contribution in [3.05, 3.63) is 38.8 Å². The number of anilines is 1. The fraction of sp³-hybridized carbons (Fsp3) is 0.375. The smallest absolute Gasteiger partial charge is 0.350 e. The number of methoxy groups -OCH3 is 1. The van der Waals surface area contributed by atoms with Crippen molar-refractivity contribution in [2.45, 2.75) is 33.2 Å². The van der Waals surface area contributed by atoms with Crippen molar-refractivity contribution in [2.75, 3.05) is 12.4 Å². The zero-order valence-corrected chi connectivity index (χ0v) is 15.0. The molecule has 0 saturated carbocycles. The Bertz CT molecular complexity index is 856. The Morgan fingerprint density at radius 3 is 2.72 bits per heavy atom. The van der Waals surface area contributed by atoms with Gasteiger partial charge in [-0.2, -0.15) is 0 Å². The van der Waals surface area contributed by atoms with Crippen LogP contribution in [0.5, 0.6) is 5.75 Å². The number of ether oxygens (including phenoxy) is 1. The Balaban J connectivity index is 1.92. The monoisotopic (exact) mass is 365 g/mol. The molecule has 0 saturated heterocycles. The van der Waals surface area contributed by atoms with E-state index in [1.165, 1.54) is 17.7 Å². The zero-order valence-electron chi connectivity index (χ0n) is 14.2. The van der Waals surface area contributed by atoms with Crippen LogP contribution in [0, 0.1) is 13.8 Å². The molecule has 134 valence electrons. The van der Waals surface area contributed by atoms with Crippen LogP contribution in [0.15, 0.2) is 16.9 Å². The number of esters is 1. The van der Waals surface area contributed by atoms with Gasteiger partial charge in [0.25, 0.3) is 5.56 Å². The Morgan fingerprint density at radius 1 is 1.36 bits per heavy atom. The molecular weight excluding hydrogens is 346 g/mol. The average molecular weight is 365 g/mol. The molecule has 9 heteroatoms. The van der Waals surface area contributed by atoms with Gasteiger partial charge in [0, 0.05) is 24.7 Å². The van der Waals surface area contributed by atoms with Gasteiger partial charge in [-0.05, 0) is 26.3 Å². The van der Waals surface area contributed by atoms with E-state index in [4.69, 9.17) is 0 Å². The second-order valence-electron chi connectivity index (χ2n) is 5.42. The topological polar surface area (TPSA) is 111 Å². The molecule has 0 aliphatic carbocycles. The summed E-state index contributed by atoms with van der Waals surface area (Å²) in [6.07, 6.45) is 0.643. The van der Waals surface area contributed by atoms with Crippen LogP contribution < -0.4 is 10.9 Å². The second kappa shape index (κ2) is 7.93. The summed E-state index contributed by atoms with van der Waals surface area (Å²) in [7, 11) is 1.28. The van der Waals surface area contributed by atoms with Crippen molar-refractivity contribution >= 4 is 28.3 Å². The summed E-state index contributed by atoms with van der Waals surface area (Å²) in [6.45, 7) is 3.75. The number of carbonyl (C=O) groups is 2. The summed E-state index contributed by atoms with van der Waals surface area (Å²) in [6, 6.07) is 2.63. The first kappa shape index (κ1) is 18.7. The first-order valence-electron chi connectivity index (χ1n) is 7.58. The summed E-state index contributed by atoms with van der Waals surface area (Å²) in [5, 5.41) is 12.3. The van der Waals surface area contributed by atoms with E-state index in [9.17, 15) is 19.5 Å². The second-order valence-corrected chi connectivity index (χ2v) is 6.42. The molecule has 0 fully saturated rings. The van der Waals surface area contributed by atoms with E-state index in [-0.39, 0.29) is 23.6 Å². The SMILES string of the molecule is COC(=O)c1sc(NC(=O)CCCn2c(C)cc(O)cc2=O)nc1C. The minimum atomic E-state index is -0.488. The lowest BCUT2D eigenvalue weighted by atomic mass is 10.2. The van der Waals surface area contributed by atoms with Gasteiger partial charge >= 0.3 is 5.97 Å². The third-order valence-electron chi connectivity index (χ3n) is 3.52. The molecule has 0 aromatic carbocycles. The Morgan fingerprint density at radius 2 is 2.08 bits per heavy atom. The van der Waals surface area contributed by atoms with Gasteiger partial charge in [0.15, 0.2) is 5.13 Å². The van der Waals surface area contributed by atoms with Gasteiger partial charge in [-0.1, -0.05) is 11.3 Å². The maximum Gasteiger partial charge on any atom is 0.350 e. The number of pyridine rings is 1. The first-order valence-corrected chi connectivity index (χ1v) is 8.39. The van der Waals surface area contributed by atoms with Crippen LogP contribution >= 0.6 is 11.3 Å². The molecule has 2 rings (SSSR count). The number of nitrogens with zero attached hydrogens (tertiary/aromatic N) is 2. The highest BCUT2D eigenvalue weighted by Gasteiger charge is 2.16. The van der Waals surface area contributed by atoms with E-state index in [1.54, 1.807) is 13.8 Å². The quantitative estimate of drug-likeness (QED) is 0.756. The van der Waals surface area contributed by atoms with E-state index in [2.05, 4.69) is 15.0 Å². The molecule has 1 amide bonds. The van der Waals surface area contributed by atoms with E-state index >= 15 is 0 Å². The fourth-order valence-corrected chi connectivity index (χ4v) is 3.21. The molecule has 0 aliphatic heterocycles. The number of hydrogen-bond donors (Lipinski definition) is 2. The molecule has 0 radical (unpaired) electrons. The van der Waals surface area contributed by atoms with Gasteiger partial charge in [-0.3, -0.25) is 9.59 Å². The minimum absolute atomic E-state index is 0.0722. The molecule has 0 spiro atoms. The number of thiazole rings is 1. The first-order chi connectivity index (χ1) is 11.8. The normalized spacial score (nSPS) is 10.5. The summed E-state index contributed by atoms with van der Waals surface area (Å²) < 4.78 is 6.14. The summed E-state index contributed by atoms with van der Waals surface area (Å²) >= 11 is 1.06. The Kier molecular flexibility index (Phi) is 5.92. The number of aryl methyl sites for hydroxylation is 2. The van der Waals surface area contributed by atoms with Gasteiger partial charge in [0.2, 0.25) is 5.91 Å². The van der Waals surface area contributed by atoms with E-state index in [0.717, 1.165) is 17.4 Å². The van der Waals surface area contributed by atoms with Crippen LogP contribution in [0.4, 0.5) is 5.13 Å². The highest BCUT2D eigenvalue weighted by molar-refractivity contribution is 7.17. The van der Waals surface area contributed by atoms with Gasteiger partial charge in [-0.25, -0.2) is 9.78 Å². The van der Waals surface area contributed by atoms with Gasteiger partial charge in [0.1, 0.15) is 10.6 Å². The number of aromatic hydroxyl groups is 1. The van der Waals surface area contributed by atoms with Crippen molar-refractivity contribution in [3.63, 3.8) is 0 Å². The van der Waals surface area contributed by atoms with Crippen molar-refractivity contribution < 1.29 is 19.4 Å². The molecule has 0 unspecified atom stereocenters. The Hall–Kier alpha value is -2.68. The molecule has 2 heterocycles. The maximum atomic E-state index is 12.0.